The smallest absolute Gasteiger partial charge is 0.221 e. The Labute approximate surface area is 165 Å². The zero-order valence-corrected chi connectivity index (χ0v) is 17.0. The Morgan fingerprint density at radius 3 is 2.46 bits per heavy atom. The van der Waals surface area contributed by atoms with E-state index in [2.05, 4.69) is 24.5 Å². The second kappa shape index (κ2) is 8.76. The number of carbonyl (C=O) groups is 1. The highest BCUT2D eigenvalue weighted by Gasteiger charge is 2.19. The van der Waals surface area contributed by atoms with Crippen molar-refractivity contribution in [2.75, 3.05) is 10.6 Å². The molecule has 2 aromatic rings. The van der Waals surface area contributed by atoms with E-state index in [0.29, 0.717) is 16.6 Å². The number of carbonyl (C=O) groups excluding carboxylic acids is 1. The first kappa shape index (κ1) is 20.4. The van der Waals surface area contributed by atoms with Crippen LogP contribution >= 0.6 is 0 Å². The van der Waals surface area contributed by atoms with Crippen molar-refractivity contribution >= 4 is 28.2 Å². The molecule has 1 heterocycles. The number of benzene rings is 1. The van der Waals surface area contributed by atoms with E-state index in [1.165, 1.54) is 19.4 Å². The lowest BCUT2D eigenvalue weighted by Gasteiger charge is -2.25. The quantitative estimate of drug-likeness (QED) is 0.716. The standard InChI is InChI=1S/C22H30FN3O2/c1-4-16(5-2)26-13-20(24-14(3)27)22(28)17-11-18(23)19(12-21(17)26)25-15-9-7-6-8-10-15/h11-13,15-16,25H,4-10H2,1-3H3,(H,24,27). The summed E-state index contributed by atoms with van der Waals surface area (Å²) in [5.41, 5.74) is 0.994. The molecule has 1 fully saturated rings. The molecule has 6 heteroatoms. The fraction of sp³-hybridized carbons (Fsp3) is 0.545. The summed E-state index contributed by atoms with van der Waals surface area (Å²) in [5, 5.41) is 6.24. The van der Waals surface area contributed by atoms with Crippen molar-refractivity contribution in [1.82, 2.24) is 4.57 Å². The predicted octanol–water partition coefficient (Wildman–Crippen LogP) is 5.20. The third-order valence-electron chi connectivity index (χ3n) is 5.73. The first-order valence-corrected chi connectivity index (χ1v) is 10.4. The van der Waals surface area contributed by atoms with Gasteiger partial charge in [-0.25, -0.2) is 4.39 Å². The molecule has 28 heavy (non-hydrogen) atoms. The Bertz CT molecular complexity index is 912. The SMILES string of the molecule is CCC(CC)n1cc(NC(C)=O)c(=O)c2cc(F)c(NC3CCCCC3)cc21. The van der Waals surface area contributed by atoms with Gasteiger partial charge in [0.1, 0.15) is 11.5 Å². The third kappa shape index (κ3) is 4.21. The van der Waals surface area contributed by atoms with E-state index in [0.717, 1.165) is 38.5 Å². The van der Waals surface area contributed by atoms with E-state index in [1.54, 1.807) is 12.3 Å². The molecule has 1 aliphatic carbocycles. The molecule has 1 saturated carbocycles. The van der Waals surface area contributed by atoms with Gasteiger partial charge in [0.25, 0.3) is 0 Å². The van der Waals surface area contributed by atoms with Gasteiger partial charge in [-0.3, -0.25) is 9.59 Å². The van der Waals surface area contributed by atoms with Crippen LogP contribution in [-0.4, -0.2) is 16.5 Å². The summed E-state index contributed by atoms with van der Waals surface area (Å²) >= 11 is 0. The summed E-state index contributed by atoms with van der Waals surface area (Å²) in [6, 6.07) is 3.50. The fourth-order valence-corrected chi connectivity index (χ4v) is 4.21. The number of hydrogen-bond donors (Lipinski definition) is 2. The summed E-state index contributed by atoms with van der Waals surface area (Å²) in [4.78, 5) is 24.4. The first-order valence-electron chi connectivity index (χ1n) is 10.4. The van der Waals surface area contributed by atoms with Gasteiger partial charge < -0.3 is 15.2 Å². The van der Waals surface area contributed by atoms with Gasteiger partial charge in [0.2, 0.25) is 11.3 Å². The van der Waals surface area contributed by atoms with Crippen molar-refractivity contribution in [2.24, 2.45) is 0 Å². The first-order chi connectivity index (χ1) is 13.4. The molecule has 1 aromatic carbocycles. The Kier molecular flexibility index (Phi) is 6.37. The molecule has 0 atom stereocenters. The van der Waals surface area contributed by atoms with E-state index in [4.69, 9.17) is 0 Å². The average molecular weight is 387 g/mol. The number of halogens is 1. The second-order valence-electron chi connectivity index (χ2n) is 7.76. The van der Waals surface area contributed by atoms with Crippen LogP contribution in [0.3, 0.4) is 0 Å². The molecule has 1 aromatic heterocycles. The van der Waals surface area contributed by atoms with Crippen LogP contribution in [0.15, 0.2) is 23.1 Å². The lowest BCUT2D eigenvalue weighted by atomic mass is 9.95. The van der Waals surface area contributed by atoms with Crippen molar-refractivity contribution in [1.29, 1.82) is 0 Å². The summed E-state index contributed by atoms with van der Waals surface area (Å²) in [7, 11) is 0. The van der Waals surface area contributed by atoms with Crippen LogP contribution < -0.4 is 16.1 Å². The maximum atomic E-state index is 14.8. The van der Waals surface area contributed by atoms with Gasteiger partial charge in [-0.15, -0.1) is 0 Å². The van der Waals surface area contributed by atoms with Crippen LogP contribution in [0.5, 0.6) is 0 Å². The highest BCUT2D eigenvalue weighted by Crippen LogP contribution is 2.29. The lowest BCUT2D eigenvalue weighted by molar-refractivity contribution is -0.114. The van der Waals surface area contributed by atoms with Gasteiger partial charge in [-0.05, 0) is 37.8 Å². The number of nitrogens with zero attached hydrogens (tertiary/aromatic N) is 1. The van der Waals surface area contributed by atoms with E-state index in [1.807, 2.05) is 4.57 Å². The molecular weight excluding hydrogens is 357 g/mol. The average Bonchev–Trinajstić information content (AvgIpc) is 2.67. The molecule has 5 nitrogen and oxygen atoms in total. The van der Waals surface area contributed by atoms with Crippen LogP contribution in [-0.2, 0) is 4.79 Å². The molecule has 0 unspecified atom stereocenters. The Morgan fingerprint density at radius 1 is 1.18 bits per heavy atom. The third-order valence-corrected chi connectivity index (χ3v) is 5.73. The predicted molar refractivity (Wildman–Crippen MR) is 113 cm³/mol. The van der Waals surface area contributed by atoms with Crippen LogP contribution in [0.2, 0.25) is 0 Å². The van der Waals surface area contributed by atoms with Gasteiger partial charge in [0.05, 0.1) is 16.6 Å². The highest BCUT2D eigenvalue weighted by atomic mass is 19.1. The summed E-state index contributed by atoms with van der Waals surface area (Å²) in [6.45, 7) is 5.53. The fourth-order valence-electron chi connectivity index (χ4n) is 4.21. The van der Waals surface area contributed by atoms with Crippen molar-refractivity contribution in [3.05, 3.63) is 34.4 Å². The molecule has 152 valence electrons. The van der Waals surface area contributed by atoms with Crippen molar-refractivity contribution < 1.29 is 9.18 Å². The Balaban J connectivity index is 2.14. The summed E-state index contributed by atoms with van der Waals surface area (Å²) in [5.74, 6) is -0.741. The van der Waals surface area contributed by atoms with E-state index >= 15 is 0 Å². The van der Waals surface area contributed by atoms with Crippen LogP contribution in [0.4, 0.5) is 15.8 Å². The molecule has 1 amide bonds. The number of rotatable bonds is 6. The number of anilines is 2. The van der Waals surface area contributed by atoms with Crippen LogP contribution in [0.1, 0.15) is 71.8 Å². The highest BCUT2D eigenvalue weighted by molar-refractivity contribution is 5.92. The van der Waals surface area contributed by atoms with Gasteiger partial charge >= 0.3 is 0 Å². The Hall–Kier alpha value is -2.37. The molecule has 0 bridgehead atoms. The molecule has 2 N–H and O–H groups in total. The number of fused-ring (bicyclic) bond motifs is 1. The topological polar surface area (TPSA) is 63.1 Å². The number of amides is 1. The maximum absolute atomic E-state index is 14.8. The molecule has 3 rings (SSSR count). The molecule has 0 spiro atoms. The van der Waals surface area contributed by atoms with Crippen molar-refractivity contribution in [3.8, 4) is 0 Å². The number of pyridine rings is 1. The number of aromatic nitrogens is 1. The van der Waals surface area contributed by atoms with Crippen LogP contribution in [0.25, 0.3) is 10.9 Å². The minimum Gasteiger partial charge on any atom is -0.380 e. The van der Waals surface area contributed by atoms with Gasteiger partial charge in [-0.1, -0.05) is 33.1 Å². The zero-order valence-electron chi connectivity index (χ0n) is 17.0. The van der Waals surface area contributed by atoms with Crippen molar-refractivity contribution in [2.45, 2.75) is 77.8 Å². The maximum Gasteiger partial charge on any atom is 0.221 e. The normalized spacial score (nSPS) is 15.2. The number of nitrogens with one attached hydrogen (secondary N) is 2. The van der Waals surface area contributed by atoms with Gasteiger partial charge in [-0.2, -0.15) is 0 Å². The second-order valence-corrected chi connectivity index (χ2v) is 7.76. The van der Waals surface area contributed by atoms with Gasteiger partial charge in [0.15, 0.2) is 0 Å². The van der Waals surface area contributed by atoms with E-state index in [9.17, 15) is 14.0 Å². The lowest BCUT2D eigenvalue weighted by Crippen LogP contribution is -2.24. The van der Waals surface area contributed by atoms with Crippen LogP contribution in [0, 0.1) is 5.82 Å². The molecule has 0 saturated heterocycles. The monoisotopic (exact) mass is 387 g/mol. The van der Waals surface area contributed by atoms with E-state index in [-0.39, 0.29) is 29.1 Å². The summed E-state index contributed by atoms with van der Waals surface area (Å²) in [6.07, 6.45) is 9.07. The van der Waals surface area contributed by atoms with Crippen molar-refractivity contribution in [3.63, 3.8) is 0 Å². The molecule has 0 radical (unpaired) electrons. The molecular formula is C22H30FN3O2. The van der Waals surface area contributed by atoms with E-state index < -0.39 is 5.82 Å². The minimum atomic E-state index is -0.425. The number of hydrogen-bond acceptors (Lipinski definition) is 3. The minimum absolute atomic E-state index is 0.156. The largest absolute Gasteiger partial charge is 0.380 e. The molecule has 1 aliphatic rings. The van der Waals surface area contributed by atoms with Gasteiger partial charge in [0, 0.05) is 25.2 Å². The molecule has 0 aliphatic heterocycles. The Morgan fingerprint density at radius 2 is 1.86 bits per heavy atom. The summed E-state index contributed by atoms with van der Waals surface area (Å²) < 4.78 is 16.9. The zero-order chi connectivity index (χ0) is 20.3.